The number of halogens is 2. The molecule has 0 fully saturated rings. The van der Waals surface area contributed by atoms with Gasteiger partial charge < -0.3 is 19.5 Å². The number of benzene rings is 2. The Labute approximate surface area is 151 Å². The second-order valence-electron chi connectivity index (χ2n) is 5.75. The minimum atomic E-state index is 0.0247. The van der Waals surface area contributed by atoms with Crippen molar-refractivity contribution in [2.75, 3.05) is 18.5 Å². The molecule has 1 N–H and O–H groups in total. The SMILES string of the molecule is CC(C)Oc1c(Cl)cc(Cl)cc1CNc1ccc2c(c1)OCCO2. The van der Waals surface area contributed by atoms with E-state index in [9.17, 15) is 0 Å². The van der Waals surface area contributed by atoms with E-state index in [2.05, 4.69) is 5.32 Å². The maximum Gasteiger partial charge on any atom is 0.163 e. The Morgan fingerprint density at radius 1 is 1.08 bits per heavy atom. The summed E-state index contributed by atoms with van der Waals surface area (Å²) >= 11 is 12.4. The summed E-state index contributed by atoms with van der Waals surface area (Å²) in [5.74, 6) is 2.16. The van der Waals surface area contributed by atoms with Gasteiger partial charge in [0.05, 0.1) is 11.1 Å². The van der Waals surface area contributed by atoms with Crippen molar-refractivity contribution in [3.8, 4) is 17.2 Å². The Bertz CT molecular complexity index is 734. The minimum absolute atomic E-state index is 0.0247. The molecule has 4 nitrogen and oxygen atoms in total. The van der Waals surface area contributed by atoms with Gasteiger partial charge in [0, 0.05) is 28.9 Å². The van der Waals surface area contributed by atoms with Gasteiger partial charge in [0.2, 0.25) is 0 Å². The van der Waals surface area contributed by atoms with Gasteiger partial charge in [-0.25, -0.2) is 0 Å². The van der Waals surface area contributed by atoms with Crippen LogP contribution in [-0.2, 0) is 6.54 Å². The first kappa shape index (κ1) is 17.1. The Balaban J connectivity index is 1.79. The zero-order chi connectivity index (χ0) is 17.1. The van der Waals surface area contributed by atoms with Crippen LogP contribution in [0.25, 0.3) is 0 Å². The van der Waals surface area contributed by atoms with Gasteiger partial charge in [0.15, 0.2) is 11.5 Å². The molecular weight excluding hydrogens is 349 g/mol. The van der Waals surface area contributed by atoms with Crippen molar-refractivity contribution in [1.29, 1.82) is 0 Å². The van der Waals surface area contributed by atoms with E-state index in [4.69, 9.17) is 37.4 Å². The lowest BCUT2D eigenvalue weighted by Gasteiger charge is -2.20. The van der Waals surface area contributed by atoms with Gasteiger partial charge in [0.1, 0.15) is 19.0 Å². The molecule has 0 bridgehead atoms. The van der Waals surface area contributed by atoms with E-state index in [1.165, 1.54) is 0 Å². The third-order valence-electron chi connectivity index (χ3n) is 3.46. The summed E-state index contributed by atoms with van der Waals surface area (Å²) in [5, 5.41) is 4.43. The quantitative estimate of drug-likeness (QED) is 0.791. The summed E-state index contributed by atoms with van der Waals surface area (Å²) in [5.41, 5.74) is 1.82. The van der Waals surface area contributed by atoms with E-state index in [-0.39, 0.29) is 6.10 Å². The standard InChI is InChI=1S/C18H19Cl2NO3/c1-11(2)24-18-12(7-13(19)8-15(18)20)10-21-14-3-4-16-17(9-14)23-6-5-22-16/h3-4,7-9,11,21H,5-6,10H2,1-2H3. The minimum Gasteiger partial charge on any atom is -0.489 e. The molecule has 0 saturated carbocycles. The first-order valence-electron chi connectivity index (χ1n) is 7.81. The lowest BCUT2D eigenvalue weighted by molar-refractivity contribution is 0.171. The molecule has 1 aliphatic rings. The van der Waals surface area contributed by atoms with Crippen molar-refractivity contribution in [3.05, 3.63) is 45.9 Å². The third-order valence-corrected chi connectivity index (χ3v) is 3.96. The molecule has 6 heteroatoms. The Hall–Kier alpha value is -1.78. The van der Waals surface area contributed by atoms with Crippen LogP contribution in [0.2, 0.25) is 10.0 Å². The highest BCUT2D eigenvalue weighted by atomic mass is 35.5. The molecule has 24 heavy (non-hydrogen) atoms. The topological polar surface area (TPSA) is 39.7 Å². The fraction of sp³-hybridized carbons (Fsp3) is 0.333. The predicted octanol–water partition coefficient (Wildman–Crippen LogP) is 5.16. The molecule has 128 valence electrons. The highest BCUT2D eigenvalue weighted by Crippen LogP contribution is 2.35. The van der Waals surface area contributed by atoms with Crippen molar-refractivity contribution in [1.82, 2.24) is 0 Å². The van der Waals surface area contributed by atoms with Crippen LogP contribution in [0.3, 0.4) is 0 Å². The molecule has 0 saturated heterocycles. The van der Waals surface area contributed by atoms with Crippen LogP contribution in [0.4, 0.5) is 5.69 Å². The number of hydrogen-bond acceptors (Lipinski definition) is 4. The second-order valence-corrected chi connectivity index (χ2v) is 6.60. The molecular formula is C18H19Cl2NO3. The molecule has 0 aliphatic carbocycles. The van der Waals surface area contributed by atoms with Crippen LogP contribution in [0, 0.1) is 0 Å². The molecule has 1 heterocycles. The Morgan fingerprint density at radius 3 is 2.58 bits per heavy atom. The highest BCUT2D eigenvalue weighted by molar-refractivity contribution is 6.35. The average molecular weight is 368 g/mol. The number of hydrogen-bond donors (Lipinski definition) is 1. The second kappa shape index (κ2) is 7.41. The predicted molar refractivity (Wildman–Crippen MR) is 97.0 cm³/mol. The molecule has 0 amide bonds. The van der Waals surface area contributed by atoms with E-state index in [0.29, 0.717) is 35.6 Å². The molecule has 0 radical (unpaired) electrons. The molecule has 1 aliphatic heterocycles. The van der Waals surface area contributed by atoms with Crippen LogP contribution in [0.15, 0.2) is 30.3 Å². The van der Waals surface area contributed by atoms with Gasteiger partial charge in [-0.15, -0.1) is 0 Å². The monoisotopic (exact) mass is 367 g/mol. The van der Waals surface area contributed by atoms with E-state index in [1.54, 1.807) is 6.07 Å². The van der Waals surface area contributed by atoms with Crippen LogP contribution >= 0.6 is 23.2 Å². The lowest BCUT2D eigenvalue weighted by Crippen LogP contribution is -2.15. The van der Waals surface area contributed by atoms with Gasteiger partial charge in [-0.2, -0.15) is 0 Å². The average Bonchev–Trinajstić information content (AvgIpc) is 2.55. The largest absolute Gasteiger partial charge is 0.489 e. The zero-order valence-electron chi connectivity index (χ0n) is 13.6. The third kappa shape index (κ3) is 4.00. The van der Waals surface area contributed by atoms with Crippen LogP contribution in [0.1, 0.15) is 19.4 Å². The van der Waals surface area contributed by atoms with E-state index in [0.717, 1.165) is 22.7 Å². The van der Waals surface area contributed by atoms with Crippen molar-refractivity contribution in [2.45, 2.75) is 26.5 Å². The maximum atomic E-state index is 6.28. The molecule has 0 aromatic heterocycles. The van der Waals surface area contributed by atoms with Crippen molar-refractivity contribution >= 4 is 28.9 Å². The number of anilines is 1. The number of ether oxygens (including phenoxy) is 3. The Morgan fingerprint density at radius 2 is 1.83 bits per heavy atom. The molecule has 3 rings (SSSR count). The molecule has 2 aromatic rings. The Kier molecular flexibility index (Phi) is 5.27. The maximum absolute atomic E-state index is 6.28. The van der Waals surface area contributed by atoms with E-state index in [1.807, 2.05) is 38.1 Å². The van der Waals surface area contributed by atoms with Crippen LogP contribution in [0.5, 0.6) is 17.2 Å². The van der Waals surface area contributed by atoms with Crippen molar-refractivity contribution < 1.29 is 14.2 Å². The highest BCUT2D eigenvalue weighted by Gasteiger charge is 2.14. The summed E-state index contributed by atoms with van der Waals surface area (Å²) in [7, 11) is 0. The van der Waals surface area contributed by atoms with E-state index >= 15 is 0 Å². The van der Waals surface area contributed by atoms with Crippen molar-refractivity contribution in [2.24, 2.45) is 0 Å². The number of rotatable bonds is 5. The summed E-state index contributed by atoms with van der Waals surface area (Å²) in [4.78, 5) is 0. The zero-order valence-corrected chi connectivity index (χ0v) is 15.1. The fourth-order valence-corrected chi connectivity index (χ4v) is 3.04. The van der Waals surface area contributed by atoms with E-state index < -0.39 is 0 Å². The summed E-state index contributed by atoms with van der Waals surface area (Å²) < 4.78 is 17.0. The van der Waals surface area contributed by atoms with Gasteiger partial charge in [-0.3, -0.25) is 0 Å². The van der Waals surface area contributed by atoms with Gasteiger partial charge in [-0.1, -0.05) is 23.2 Å². The number of nitrogens with one attached hydrogen (secondary N) is 1. The van der Waals surface area contributed by atoms with Crippen LogP contribution < -0.4 is 19.5 Å². The molecule has 0 atom stereocenters. The first-order valence-corrected chi connectivity index (χ1v) is 8.56. The van der Waals surface area contributed by atoms with Crippen molar-refractivity contribution in [3.63, 3.8) is 0 Å². The molecule has 2 aromatic carbocycles. The first-order chi connectivity index (χ1) is 11.5. The van der Waals surface area contributed by atoms with Gasteiger partial charge in [-0.05, 0) is 38.1 Å². The fourth-order valence-electron chi connectivity index (χ4n) is 2.46. The smallest absolute Gasteiger partial charge is 0.163 e. The summed E-state index contributed by atoms with van der Waals surface area (Å²) in [6, 6.07) is 9.31. The summed E-state index contributed by atoms with van der Waals surface area (Å²) in [6.07, 6.45) is 0.0247. The summed E-state index contributed by atoms with van der Waals surface area (Å²) in [6.45, 7) is 5.59. The molecule has 0 spiro atoms. The normalized spacial score (nSPS) is 13.0. The van der Waals surface area contributed by atoms with Crippen LogP contribution in [-0.4, -0.2) is 19.3 Å². The van der Waals surface area contributed by atoms with Gasteiger partial charge >= 0.3 is 0 Å². The van der Waals surface area contributed by atoms with Gasteiger partial charge in [0.25, 0.3) is 0 Å². The lowest BCUT2D eigenvalue weighted by atomic mass is 10.2. The number of fused-ring (bicyclic) bond motifs is 1. The molecule has 0 unspecified atom stereocenters.